The highest BCUT2D eigenvalue weighted by molar-refractivity contribution is 7.81. The Kier molecular flexibility index (Phi) is 51.0. The van der Waals surface area contributed by atoms with Crippen LogP contribution in [0.4, 0.5) is 0 Å². The van der Waals surface area contributed by atoms with Crippen LogP contribution in [0.25, 0.3) is 0 Å². The number of aliphatic hydroxyl groups is 3. The number of amides is 16. The van der Waals surface area contributed by atoms with Gasteiger partial charge in [0.2, 0.25) is 94.5 Å². The molecule has 1 aliphatic heterocycles. The van der Waals surface area contributed by atoms with Crippen molar-refractivity contribution in [2.24, 2.45) is 57.7 Å². The Morgan fingerprint density at radius 2 is 0.850 bits per heavy atom. The number of thiol groups is 2. The van der Waals surface area contributed by atoms with E-state index >= 15 is 0 Å². The number of unbranched alkanes of at least 4 members (excludes halogenated alkanes) is 2. The third kappa shape index (κ3) is 39.8. The van der Waals surface area contributed by atoms with E-state index in [9.17, 15) is 112 Å². The van der Waals surface area contributed by atoms with Crippen LogP contribution < -0.4 is 126 Å². The van der Waals surface area contributed by atoms with Crippen LogP contribution >= 0.6 is 25.3 Å². The lowest BCUT2D eigenvalue weighted by molar-refractivity contribution is -0.142. The Labute approximate surface area is 782 Å². The number of aromatic hydroxyl groups is 2. The Hall–Kier alpha value is -11.4. The molecule has 2 aromatic rings. The number of aliphatic hydroxyl groups excluding tert-OH is 3. The summed E-state index contributed by atoms with van der Waals surface area (Å²) in [5.74, 6) is -20.3. The number of carbonyl (C=O) groups is 17. The molecule has 133 heavy (non-hydrogen) atoms. The summed E-state index contributed by atoms with van der Waals surface area (Å²) in [6.07, 6.45) is -5.13. The number of rotatable bonds is 61. The Morgan fingerprint density at radius 3 is 1.25 bits per heavy atom. The lowest BCUT2D eigenvalue weighted by Gasteiger charge is -2.34. The van der Waals surface area contributed by atoms with Crippen molar-refractivity contribution in [1.82, 2.24) is 84.7 Å². The molecule has 3 rings (SSSR count). The number of aliphatic carboxylic acids is 1. The molecule has 0 unspecified atom stereocenters. The maximum absolute atomic E-state index is 14.7. The molecule has 1 fully saturated rings. The van der Waals surface area contributed by atoms with Crippen LogP contribution in [0, 0.1) is 17.2 Å². The van der Waals surface area contributed by atoms with E-state index in [0.29, 0.717) is 24.0 Å². The van der Waals surface area contributed by atoms with Gasteiger partial charge in [-0.2, -0.15) is 25.3 Å². The van der Waals surface area contributed by atoms with Gasteiger partial charge in [0.25, 0.3) is 0 Å². The number of hydrogen-bond acceptors (Lipinski definition) is 31. The lowest BCUT2D eigenvalue weighted by atomic mass is 9.95. The fraction of sp³-hybridized carbons (Fsp3) is 0.639. The topological polar surface area (TPSA) is 827 Å². The number of nitrogens with one attached hydrogen (secondary N) is 16. The molecule has 0 aliphatic carbocycles. The van der Waals surface area contributed by atoms with Gasteiger partial charge in [-0.05, 0) is 171 Å². The SMILES string of the molecule is CC[C@H](C)[C@H](NC(=O)[C@@H]1C[C@@H](O)CN1C(=O)[C@@H](N)C(C)C)C(=O)N[C@H](C(=O)N[C@@H](Cc1ccc(O)cc1)C(=O)N[C@@H](CO)C(=O)N[C@@H](CC(N)=O)C(=O)N[C@@H](CCCNC(=N)N)C(=O)N[C@@H](CCN)C(=O)N[C@H](C(=O)N[C@H](CCCCN)C(=O)N[C@@H](CCCCN)C(=O)N[C@@H](CCN)C(=O)N[C@@H](CCN)C(=O)N[C@@H](CS)C(=O)N[C@@H](Cc1ccc(O)cc1)C(=O)O)[C@@H](C)O)C(C)(C)S. The van der Waals surface area contributed by atoms with Gasteiger partial charge in [-0.25, -0.2) is 4.79 Å². The Morgan fingerprint density at radius 1 is 0.481 bits per heavy atom. The highest BCUT2D eigenvalue weighted by atomic mass is 32.1. The van der Waals surface area contributed by atoms with Gasteiger partial charge in [-0.1, -0.05) is 58.4 Å². The van der Waals surface area contributed by atoms with Crippen LogP contribution in [-0.2, 0) is 94.3 Å². The average Bonchev–Trinajstić information content (AvgIpc) is 1.70. The van der Waals surface area contributed by atoms with E-state index in [1.165, 1.54) is 62.4 Å². The first kappa shape index (κ1) is 116. The molecule has 19 atom stereocenters. The molecule has 0 aromatic heterocycles. The number of phenols is 2. The summed E-state index contributed by atoms with van der Waals surface area (Å²) in [6.45, 7) is 8.63. The van der Waals surface area contributed by atoms with Crippen LogP contribution in [0.1, 0.15) is 149 Å². The summed E-state index contributed by atoms with van der Waals surface area (Å²) in [6, 6.07) is -14.7. The zero-order valence-corrected chi connectivity index (χ0v) is 77.7. The molecule has 0 bridgehead atoms. The molecule has 2 aromatic carbocycles. The second-order valence-corrected chi connectivity index (χ2v) is 34.9. The van der Waals surface area contributed by atoms with Crippen molar-refractivity contribution < 1.29 is 112 Å². The summed E-state index contributed by atoms with van der Waals surface area (Å²) in [5.41, 5.74) is 47.3. The van der Waals surface area contributed by atoms with Crippen molar-refractivity contribution in [1.29, 1.82) is 5.41 Å². The molecule has 0 spiro atoms. The molecule has 1 saturated heterocycles. The smallest absolute Gasteiger partial charge is 0.326 e. The van der Waals surface area contributed by atoms with Gasteiger partial charge in [0.15, 0.2) is 5.96 Å². The fourth-order valence-corrected chi connectivity index (χ4v) is 14.2. The van der Waals surface area contributed by atoms with Gasteiger partial charge in [0.1, 0.15) is 102 Å². The summed E-state index contributed by atoms with van der Waals surface area (Å²) < 4.78 is -1.48. The zero-order chi connectivity index (χ0) is 100. The largest absolute Gasteiger partial charge is 0.508 e. The molecular weight excluding hydrogens is 1780 g/mol. The summed E-state index contributed by atoms with van der Waals surface area (Å²) in [5, 5.41) is 107. The highest BCUT2D eigenvalue weighted by Crippen LogP contribution is 2.25. The Balaban J connectivity index is 1.93. The van der Waals surface area contributed by atoms with Crippen molar-refractivity contribution >= 4 is 132 Å². The predicted octanol–water partition coefficient (Wildman–Crippen LogP) is -9.80. The molecule has 1 heterocycles. The normalized spacial score (nSPS) is 16.9. The van der Waals surface area contributed by atoms with Crippen molar-refractivity contribution in [3.63, 3.8) is 0 Å². The lowest BCUT2D eigenvalue weighted by Crippen LogP contribution is -2.64. The van der Waals surface area contributed by atoms with Gasteiger partial charge in [-0.15, -0.1) is 0 Å². The standard InChI is InChI=1S/C83H139N25O23S2/c1-8-42(4)63(105-76(125)60-36-48(113)38-108(60)80(129)62(90)41(2)3)77(126)107-65(83(6,7)133)79(128)101-55(34-44-17-21-46(111)22-18-44)72(121)103-58(39-109)74(123)100-56(37-61(89)114)73(122)95-51(16-13-33-93-82(91)92)68(117)98-54(27-32-88)71(120)106-64(43(5)110)78(127)99-50(15-10-12-29-85)67(116)94-49(14-9-11-28-84)66(115)96-52(25-30-86)69(118)97-53(26-31-87)70(119)104-59(40-132)75(124)102-57(81(130)131)35-45-19-23-47(112)24-20-45/h17-24,41-43,48-60,62-65,109-113,132-133H,8-16,25-40,84-88,90H2,1-7H3,(H2,89,114)(H,94,116)(H,95,122)(H,96,115)(H,97,118)(H,98,117)(H,99,127)(H,100,123)(H,101,128)(H,102,124)(H,103,121)(H,104,119)(H,105,125)(H,106,120)(H,107,126)(H,130,131)(H4,91,92,93)/t42-,43+,48+,49-,50+,51-,52-,53-,54-,55-,56-,57-,58-,59-,60-,62-,63-,64-,65+/m0/s1. The van der Waals surface area contributed by atoms with Crippen molar-refractivity contribution in [3.8, 4) is 11.5 Å². The average molecular weight is 1920 g/mol. The van der Waals surface area contributed by atoms with E-state index in [4.69, 9.17) is 51.3 Å². The zero-order valence-electron chi connectivity index (χ0n) is 75.9. The van der Waals surface area contributed by atoms with Crippen molar-refractivity contribution in [2.45, 2.75) is 265 Å². The number of phenolic OH excluding ortho intramolecular Hbond substituents is 2. The Bertz CT molecular complexity index is 4220. The summed E-state index contributed by atoms with van der Waals surface area (Å²) in [4.78, 5) is 240. The van der Waals surface area contributed by atoms with Crippen LogP contribution in [0.15, 0.2) is 48.5 Å². The minimum absolute atomic E-state index is 0.0825. The molecule has 0 saturated carbocycles. The second kappa shape index (κ2) is 58.6. The van der Waals surface area contributed by atoms with Gasteiger partial charge in [0.05, 0.1) is 31.3 Å². The van der Waals surface area contributed by atoms with Crippen LogP contribution in [0.5, 0.6) is 11.5 Å². The number of hydrogen-bond donors (Lipinski definition) is 32. The molecule has 50 heteroatoms. The van der Waals surface area contributed by atoms with Crippen molar-refractivity contribution in [2.75, 3.05) is 58.2 Å². The first-order chi connectivity index (χ1) is 62.6. The molecule has 16 amide bonds. The summed E-state index contributed by atoms with van der Waals surface area (Å²) in [7, 11) is 0. The molecule has 746 valence electrons. The molecular formula is C83H139N25O23S2. The maximum atomic E-state index is 14.7. The monoisotopic (exact) mass is 1920 g/mol. The predicted molar refractivity (Wildman–Crippen MR) is 492 cm³/mol. The van der Waals surface area contributed by atoms with E-state index in [0.717, 1.165) is 11.8 Å². The number of β-amino-alcohol motifs (C(OH)–C–C–N with tert-alkyl or cyclic N) is 1. The maximum Gasteiger partial charge on any atom is 0.326 e. The van der Waals surface area contributed by atoms with Crippen LogP contribution in [-0.4, -0.2) is 314 Å². The fourth-order valence-electron chi connectivity index (χ4n) is 13.7. The molecule has 0 radical (unpaired) electrons. The van der Waals surface area contributed by atoms with Gasteiger partial charge in [-0.3, -0.25) is 82.1 Å². The minimum Gasteiger partial charge on any atom is -0.508 e. The number of nitrogens with two attached hydrogens (primary N) is 8. The van der Waals surface area contributed by atoms with E-state index in [-0.39, 0.29) is 140 Å². The number of guanidine groups is 1. The van der Waals surface area contributed by atoms with Gasteiger partial charge >= 0.3 is 5.97 Å². The number of carboxylic acids is 1. The minimum atomic E-state index is -2.04. The molecule has 1 aliphatic rings. The van der Waals surface area contributed by atoms with E-state index in [2.05, 4.69) is 105 Å². The van der Waals surface area contributed by atoms with Gasteiger partial charge in [0, 0.05) is 42.9 Å². The van der Waals surface area contributed by atoms with Crippen molar-refractivity contribution in [3.05, 3.63) is 59.7 Å². The first-order valence-electron chi connectivity index (χ1n) is 43.9. The summed E-state index contributed by atoms with van der Waals surface area (Å²) >= 11 is 8.80. The third-order valence-electron chi connectivity index (χ3n) is 21.7. The third-order valence-corrected chi connectivity index (χ3v) is 22.3. The number of nitrogens with zero attached hydrogens (tertiary/aromatic N) is 1. The van der Waals surface area contributed by atoms with E-state index in [1.807, 2.05) is 0 Å². The number of carbonyl (C=O) groups excluding carboxylic acids is 16. The number of benzene rings is 2. The molecule has 38 N–H and O–H groups in total. The van der Waals surface area contributed by atoms with E-state index < -0.39 is 252 Å². The highest BCUT2D eigenvalue weighted by Gasteiger charge is 2.46. The van der Waals surface area contributed by atoms with Gasteiger partial charge < -0.3 is 161 Å². The second-order valence-electron chi connectivity index (χ2n) is 33.4. The number of primary amides is 1. The quantitative estimate of drug-likeness (QED) is 0.0127. The number of likely N-dealkylation sites (tertiary alicyclic amines) is 1. The van der Waals surface area contributed by atoms with Crippen LogP contribution in [0.3, 0.4) is 0 Å². The molecule has 48 nitrogen and oxygen atoms in total. The van der Waals surface area contributed by atoms with Crippen LogP contribution in [0.2, 0.25) is 0 Å². The number of carboxylic acid groups (broad SMARTS) is 1. The first-order valence-corrected chi connectivity index (χ1v) is 45.0. The van der Waals surface area contributed by atoms with E-state index in [1.54, 1.807) is 27.7 Å².